The Kier molecular flexibility index (Phi) is 4.52. The van der Waals surface area contributed by atoms with Crippen LogP contribution in [0.15, 0.2) is 30.3 Å². The molecule has 1 N–H and O–H groups in total. The van der Waals surface area contributed by atoms with Crippen molar-refractivity contribution in [3.63, 3.8) is 0 Å². The normalized spacial score (nSPS) is 24.2. The van der Waals surface area contributed by atoms with Gasteiger partial charge in [-0.3, -0.25) is 4.79 Å². The fourth-order valence-electron chi connectivity index (χ4n) is 2.10. The fraction of sp³-hybridized carbons (Fsp3) is 0.562. The first-order chi connectivity index (χ1) is 9.63. The Labute approximate surface area is 133 Å². The van der Waals surface area contributed by atoms with Gasteiger partial charge in [0.15, 0.2) is 8.32 Å². The first-order valence-electron chi connectivity index (χ1n) is 7.31. The van der Waals surface area contributed by atoms with Gasteiger partial charge in [0, 0.05) is 0 Å². The van der Waals surface area contributed by atoms with E-state index in [1.807, 2.05) is 30.3 Å². The minimum atomic E-state index is -1.96. The number of halogens is 1. The van der Waals surface area contributed by atoms with E-state index in [0.29, 0.717) is 0 Å². The maximum absolute atomic E-state index is 11.5. The van der Waals surface area contributed by atoms with Crippen molar-refractivity contribution in [2.75, 3.05) is 0 Å². The van der Waals surface area contributed by atoms with Crippen LogP contribution >= 0.6 is 11.6 Å². The van der Waals surface area contributed by atoms with E-state index in [4.69, 9.17) is 16.0 Å². The summed E-state index contributed by atoms with van der Waals surface area (Å²) in [5.74, 6) is -0.110. The van der Waals surface area contributed by atoms with Gasteiger partial charge in [-0.2, -0.15) is 0 Å². The molecule has 1 amide bonds. The molecule has 2 rings (SSSR count). The number of hydrogen-bond acceptors (Lipinski definition) is 2. The van der Waals surface area contributed by atoms with Gasteiger partial charge in [-0.15, -0.1) is 11.6 Å². The van der Waals surface area contributed by atoms with Gasteiger partial charge in [0.2, 0.25) is 5.91 Å². The van der Waals surface area contributed by atoms with Crippen LogP contribution in [0.4, 0.5) is 0 Å². The van der Waals surface area contributed by atoms with Crippen LogP contribution in [0.3, 0.4) is 0 Å². The van der Waals surface area contributed by atoms with Crippen LogP contribution in [0.5, 0.6) is 0 Å². The summed E-state index contributed by atoms with van der Waals surface area (Å²) in [5.41, 5.74) is 1.07. The van der Waals surface area contributed by atoms with Gasteiger partial charge in [0.05, 0.1) is 12.1 Å². The summed E-state index contributed by atoms with van der Waals surface area (Å²) in [6.45, 7) is 11.1. The Bertz CT molecular complexity index is 513. The summed E-state index contributed by atoms with van der Waals surface area (Å²) in [6, 6.07) is 9.86. The van der Waals surface area contributed by atoms with Crippen molar-refractivity contribution in [2.45, 2.75) is 56.4 Å². The molecule has 3 nitrogen and oxygen atoms in total. The molecule has 0 spiro atoms. The van der Waals surface area contributed by atoms with Crippen LogP contribution in [0.1, 0.15) is 32.4 Å². The predicted octanol–water partition coefficient (Wildman–Crippen LogP) is 3.86. The van der Waals surface area contributed by atoms with Gasteiger partial charge in [0.1, 0.15) is 5.38 Å². The molecule has 1 aliphatic rings. The molecule has 0 saturated carbocycles. The summed E-state index contributed by atoms with van der Waals surface area (Å²) >= 11 is 6.18. The lowest BCUT2D eigenvalue weighted by Crippen LogP contribution is -2.63. The van der Waals surface area contributed by atoms with Crippen molar-refractivity contribution in [3.8, 4) is 0 Å². The van der Waals surface area contributed by atoms with Crippen LogP contribution < -0.4 is 5.32 Å². The molecular weight excluding hydrogens is 302 g/mol. The standard InChI is InChI=1S/C16H24ClNO2Si/c1-16(2,3)21(4,5)20-14(11-9-7-6-8-10-11)13-12(17)15(19)18-13/h6-10,12-14H,1-5H3,(H,18,19)/t12-,13+,14-/m0/s1. The third kappa shape index (κ3) is 3.33. The Hall–Kier alpha value is -0.843. The van der Waals surface area contributed by atoms with Gasteiger partial charge >= 0.3 is 0 Å². The van der Waals surface area contributed by atoms with Crippen LogP contribution in [0, 0.1) is 0 Å². The lowest BCUT2D eigenvalue weighted by Gasteiger charge is -2.45. The fourth-order valence-corrected chi connectivity index (χ4v) is 3.63. The number of alkyl halides is 1. The zero-order chi connectivity index (χ0) is 15.8. The molecule has 0 aliphatic carbocycles. The van der Waals surface area contributed by atoms with E-state index < -0.39 is 13.7 Å². The highest BCUT2D eigenvalue weighted by Crippen LogP contribution is 2.42. The lowest BCUT2D eigenvalue weighted by atomic mass is 9.94. The van der Waals surface area contributed by atoms with Crippen LogP contribution in [-0.2, 0) is 9.22 Å². The number of rotatable bonds is 4. The van der Waals surface area contributed by atoms with Gasteiger partial charge in [-0.05, 0) is 23.7 Å². The van der Waals surface area contributed by atoms with Crippen LogP contribution in [0.25, 0.3) is 0 Å². The van der Waals surface area contributed by atoms with Crippen molar-refractivity contribution in [1.29, 1.82) is 0 Å². The zero-order valence-electron chi connectivity index (χ0n) is 13.3. The van der Waals surface area contributed by atoms with E-state index in [9.17, 15) is 4.79 Å². The van der Waals surface area contributed by atoms with E-state index in [0.717, 1.165) is 5.56 Å². The first-order valence-corrected chi connectivity index (χ1v) is 10.7. The molecule has 1 aromatic rings. The second-order valence-electron chi connectivity index (χ2n) is 7.15. The third-order valence-corrected chi connectivity index (χ3v) is 9.48. The van der Waals surface area contributed by atoms with E-state index >= 15 is 0 Å². The smallest absolute Gasteiger partial charge is 0.240 e. The molecule has 0 radical (unpaired) electrons. The van der Waals surface area contributed by atoms with E-state index in [2.05, 4.69) is 39.2 Å². The molecule has 1 aliphatic heterocycles. The van der Waals surface area contributed by atoms with Crippen molar-refractivity contribution in [1.82, 2.24) is 5.32 Å². The number of carbonyl (C=O) groups excluding carboxylic acids is 1. The number of benzene rings is 1. The third-order valence-electron chi connectivity index (χ3n) is 4.56. The molecule has 0 unspecified atom stereocenters. The van der Waals surface area contributed by atoms with Gasteiger partial charge < -0.3 is 9.74 Å². The van der Waals surface area contributed by atoms with Crippen molar-refractivity contribution in [2.24, 2.45) is 0 Å². The summed E-state index contributed by atoms with van der Waals surface area (Å²) < 4.78 is 6.55. The van der Waals surface area contributed by atoms with Gasteiger partial charge in [0.25, 0.3) is 0 Å². The number of amides is 1. The SMILES string of the molecule is CC(C)(C)[Si](C)(C)O[C@@H](c1ccccc1)[C@@H]1NC(=O)[C@H]1Cl. The molecule has 5 heteroatoms. The average Bonchev–Trinajstić information content (AvgIpc) is 2.42. The Morgan fingerprint density at radius 1 is 1.24 bits per heavy atom. The Morgan fingerprint density at radius 2 is 1.81 bits per heavy atom. The Morgan fingerprint density at radius 3 is 2.24 bits per heavy atom. The molecule has 116 valence electrons. The molecule has 21 heavy (non-hydrogen) atoms. The molecule has 1 fully saturated rings. The monoisotopic (exact) mass is 325 g/mol. The number of nitrogens with one attached hydrogen (secondary N) is 1. The number of carbonyl (C=O) groups is 1. The summed E-state index contributed by atoms with van der Waals surface area (Å²) in [6.07, 6.45) is -0.188. The summed E-state index contributed by atoms with van der Waals surface area (Å²) in [5, 5.41) is 2.48. The van der Waals surface area contributed by atoms with E-state index in [1.165, 1.54) is 0 Å². The summed E-state index contributed by atoms with van der Waals surface area (Å²) in [4.78, 5) is 11.5. The largest absolute Gasteiger partial charge is 0.408 e. The van der Waals surface area contributed by atoms with Gasteiger partial charge in [-0.1, -0.05) is 51.1 Å². The first kappa shape index (κ1) is 16.5. The second-order valence-corrected chi connectivity index (χ2v) is 12.4. The van der Waals surface area contributed by atoms with E-state index in [1.54, 1.807) is 0 Å². The van der Waals surface area contributed by atoms with Crippen molar-refractivity contribution >= 4 is 25.8 Å². The molecule has 0 aromatic heterocycles. The minimum Gasteiger partial charge on any atom is -0.408 e. The number of hydrogen-bond donors (Lipinski definition) is 1. The molecule has 1 saturated heterocycles. The maximum Gasteiger partial charge on any atom is 0.240 e. The van der Waals surface area contributed by atoms with Gasteiger partial charge in [-0.25, -0.2) is 0 Å². The molecule has 0 bridgehead atoms. The summed E-state index contributed by atoms with van der Waals surface area (Å²) in [7, 11) is -1.96. The quantitative estimate of drug-likeness (QED) is 0.518. The topological polar surface area (TPSA) is 38.3 Å². The molecule has 1 heterocycles. The highest BCUT2D eigenvalue weighted by molar-refractivity contribution is 6.74. The van der Waals surface area contributed by atoms with Crippen LogP contribution in [0.2, 0.25) is 18.1 Å². The minimum absolute atomic E-state index is 0.107. The molecule has 1 aromatic carbocycles. The maximum atomic E-state index is 11.5. The van der Waals surface area contributed by atoms with Crippen molar-refractivity contribution < 1.29 is 9.22 Å². The lowest BCUT2D eigenvalue weighted by molar-refractivity contribution is -0.130. The molecule has 3 atom stereocenters. The zero-order valence-corrected chi connectivity index (χ0v) is 15.1. The second kappa shape index (κ2) is 5.74. The van der Waals surface area contributed by atoms with Crippen LogP contribution in [-0.4, -0.2) is 25.6 Å². The van der Waals surface area contributed by atoms with Crippen molar-refractivity contribution in [3.05, 3.63) is 35.9 Å². The highest BCUT2D eigenvalue weighted by Gasteiger charge is 2.48. The van der Waals surface area contributed by atoms with E-state index in [-0.39, 0.29) is 23.1 Å². The predicted molar refractivity (Wildman–Crippen MR) is 89.0 cm³/mol. The number of β-lactam (4-membered cyclic amide) rings is 1. The highest BCUT2D eigenvalue weighted by atomic mass is 35.5. The average molecular weight is 326 g/mol. The Balaban J connectivity index is 2.28. The molecular formula is C16H24ClNO2Si.